The Morgan fingerprint density at radius 2 is 1.84 bits per heavy atom. The Morgan fingerprint density at radius 1 is 1.16 bits per heavy atom. The molecule has 3 nitrogen and oxygen atoms in total. The standard InChI is InChI=1S/C15H12BrNO2/c1-10-2-8-13(15(19)17-10)14(18)9-5-11-3-6-12(16)7-4-11/h2-9H,1H3,(H,17,19)/b9-5+. The van der Waals surface area contributed by atoms with Crippen molar-refractivity contribution in [3.8, 4) is 0 Å². The third kappa shape index (κ3) is 3.51. The number of carbonyl (C=O) groups excluding carboxylic acids is 1. The molecule has 0 bridgehead atoms. The molecule has 96 valence electrons. The quantitative estimate of drug-likeness (QED) is 0.697. The fourth-order valence-corrected chi connectivity index (χ4v) is 1.87. The zero-order valence-corrected chi connectivity index (χ0v) is 11.9. The van der Waals surface area contributed by atoms with Crippen LogP contribution in [0.3, 0.4) is 0 Å². The number of hydrogen-bond acceptors (Lipinski definition) is 2. The molecule has 2 rings (SSSR count). The lowest BCUT2D eigenvalue weighted by molar-refractivity contribution is 0.104. The van der Waals surface area contributed by atoms with Gasteiger partial charge in [-0.15, -0.1) is 0 Å². The van der Waals surface area contributed by atoms with E-state index in [-0.39, 0.29) is 16.9 Å². The van der Waals surface area contributed by atoms with Crippen LogP contribution < -0.4 is 5.56 Å². The van der Waals surface area contributed by atoms with Crippen LogP contribution in [0.15, 0.2) is 51.7 Å². The molecule has 0 atom stereocenters. The van der Waals surface area contributed by atoms with Crippen LogP contribution in [-0.2, 0) is 0 Å². The summed E-state index contributed by atoms with van der Waals surface area (Å²) >= 11 is 3.34. The van der Waals surface area contributed by atoms with E-state index in [0.29, 0.717) is 0 Å². The molecule has 0 spiro atoms. The molecule has 1 aromatic heterocycles. The van der Waals surface area contributed by atoms with E-state index in [1.807, 2.05) is 24.3 Å². The molecule has 1 N–H and O–H groups in total. The van der Waals surface area contributed by atoms with Crippen molar-refractivity contribution in [2.75, 3.05) is 0 Å². The zero-order valence-electron chi connectivity index (χ0n) is 10.3. The molecule has 19 heavy (non-hydrogen) atoms. The summed E-state index contributed by atoms with van der Waals surface area (Å²) in [6.07, 6.45) is 3.09. The monoisotopic (exact) mass is 317 g/mol. The van der Waals surface area contributed by atoms with Crippen LogP contribution in [-0.4, -0.2) is 10.8 Å². The summed E-state index contributed by atoms with van der Waals surface area (Å²) < 4.78 is 0.978. The van der Waals surface area contributed by atoms with E-state index in [2.05, 4.69) is 20.9 Å². The van der Waals surface area contributed by atoms with Crippen molar-refractivity contribution in [3.63, 3.8) is 0 Å². The summed E-state index contributed by atoms with van der Waals surface area (Å²) in [6, 6.07) is 10.8. The van der Waals surface area contributed by atoms with E-state index < -0.39 is 0 Å². The van der Waals surface area contributed by atoms with Crippen LogP contribution >= 0.6 is 15.9 Å². The number of allylic oxidation sites excluding steroid dienone is 1. The number of hydrogen-bond donors (Lipinski definition) is 1. The maximum Gasteiger partial charge on any atom is 0.259 e. The predicted molar refractivity (Wildman–Crippen MR) is 79.3 cm³/mol. The first-order valence-electron chi connectivity index (χ1n) is 5.74. The highest BCUT2D eigenvalue weighted by Gasteiger charge is 2.06. The lowest BCUT2D eigenvalue weighted by atomic mass is 10.1. The zero-order chi connectivity index (χ0) is 13.8. The fraction of sp³-hybridized carbons (Fsp3) is 0.0667. The fourth-order valence-electron chi connectivity index (χ4n) is 1.60. The number of pyridine rings is 1. The van der Waals surface area contributed by atoms with Crippen LogP contribution in [0.1, 0.15) is 21.6 Å². The second kappa shape index (κ2) is 5.80. The number of benzene rings is 1. The molecule has 0 saturated carbocycles. The van der Waals surface area contributed by atoms with Crippen molar-refractivity contribution in [2.24, 2.45) is 0 Å². The van der Waals surface area contributed by atoms with Gasteiger partial charge in [-0.3, -0.25) is 9.59 Å². The lowest BCUT2D eigenvalue weighted by Crippen LogP contribution is -2.16. The van der Waals surface area contributed by atoms with Crippen molar-refractivity contribution in [1.82, 2.24) is 4.98 Å². The largest absolute Gasteiger partial charge is 0.326 e. The Morgan fingerprint density at radius 3 is 2.47 bits per heavy atom. The number of aromatic nitrogens is 1. The van der Waals surface area contributed by atoms with Gasteiger partial charge in [0.15, 0.2) is 5.78 Å². The second-order valence-electron chi connectivity index (χ2n) is 4.13. The number of rotatable bonds is 3. The highest BCUT2D eigenvalue weighted by atomic mass is 79.9. The Labute approximate surface area is 119 Å². The number of halogens is 1. The number of carbonyl (C=O) groups is 1. The molecule has 0 saturated heterocycles. The van der Waals surface area contributed by atoms with Crippen molar-refractivity contribution in [3.05, 3.63) is 74.1 Å². The van der Waals surface area contributed by atoms with Crippen LogP contribution in [0.25, 0.3) is 6.08 Å². The average Bonchev–Trinajstić information content (AvgIpc) is 2.37. The van der Waals surface area contributed by atoms with E-state index in [0.717, 1.165) is 15.7 Å². The van der Waals surface area contributed by atoms with Gasteiger partial charge in [0.05, 0.1) is 5.56 Å². The molecule has 0 aliphatic rings. The van der Waals surface area contributed by atoms with Gasteiger partial charge in [-0.25, -0.2) is 0 Å². The number of aryl methyl sites for hydroxylation is 1. The predicted octanol–water partition coefficient (Wildman–Crippen LogP) is 3.34. The molecule has 4 heteroatoms. The summed E-state index contributed by atoms with van der Waals surface area (Å²) in [5.41, 5.74) is 1.43. The van der Waals surface area contributed by atoms with Crippen LogP contribution in [0.4, 0.5) is 0 Å². The Balaban J connectivity index is 2.21. The average molecular weight is 318 g/mol. The summed E-state index contributed by atoms with van der Waals surface area (Å²) in [6.45, 7) is 1.77. The highest BCUT2D eigenvalue weighted by Crippen LogP contribution is 2.11. The number of ketones is 1. The number of H-pyrrole nitrogens is 1. The molecule has 0 unspecified atom stereocenters. The Hall–Kier alpha value is -1.94. The minimum absolute atomic E-state index is 0.152. The van der Waals surface area contributed by atoms with Gasteiger partial charge >= 0.3 is 0 Å². The molecule has 1 aromatic carbocycles. The maximum absolute atomic E-state index is 11.9. The Bertz CT molecular complexity index is 684. The third-order valence-corrected chi connectivity index (χ3v) is 3.15. The van der Waals surface area contributed by atoms with Crippen LogP contribution in [0.2, 0.25) is 0 Å². The maximum atomic E-state index is 11.9. The van der Waals surface area contributed by atoms with Gasteiger partial charge in [0.1, 0.15) is 0 Å². The first-order chi connectivity index (χ1) is 9.06. The highest BCUT2D eigenvalue weighted by molar-refractivity contribution is 9.10. The van der Waals surface area contributed by atoms with Gasteiger partial charge in [0.25, 0.3) is 5.56 Å². The van der Waals surface area contributed by atoms with Crippen molar-refractivity contribution in [1.29, 1.82) is 0 Å². The summed E-state index contributed by atoms with van der Waals surface area (Å²) in [4.78, 5) is 26.1. The van der Waals surface area contributed by atoms with Gasteiger partial charge in [-0.2, -0.15) is 0 Å². The number of aromatic amines is 1. The van der Waals surface area contributed by atoms with Crippen LogP contribution in [0, 0.1) is 6.92 Å². The molecular weight excluding hydrogens is 306 g/mol. The van der Waals surface area contributed by atoms with Crippen molar-refractivity contribution in [2.45, 2.75) is 6.92 Å². The summed E-state index contributed by atoms with van der Waals surface area (Å²) in [5, 5.41) is 0. The van der Waals surface area contributed by atoms with E-state index in [1.54, 1.807) is 25.1 Å². The molecule has 0 fully saturated rings. The van der Waals surface area contributed by atoms with Gasteiger partial charge < -0.3 is 4.98 Å². The smallest absolute Gasteiger partial charge is 0.259 e. The molecule has 1 heterocycles. The van der Waals surface area contributed by atoms with E-state index in [9.17, 15) is 9.59 Å². The third-order valence-electron chi connectivity index (χ3n) is 2.62. The van der Waals surface area contributed by atoms with Gasteiger partial charge in [0, 0.05) is 10.2 Å². The topological polar surface area (TPSA) is 49.9 Å². The van der Waals surface area contributed by atoms with E-state index >= 15 is 0 Å². The van der Waals surface area contributed by atoms with Crippen molar-refractivity contribution >= 4 is 27.8 Å². The first kappa shape index (κ1) is 13.5. The normalized spacial score (nSPS) is 10.8. The van der Waals surface area contributed by atoms with Gasteiger partial charge in [-0.05, 0) is 42.8 Å². The van der Waals surface area contributed by atoms with E-state index in [4.69, 9.17) is 0 Å². The first-order valence-corrected chi connectivity index (χ1v) is 6.53. The number of nitrogens with one attached hydrogen (secondary N) is 1. The van der Waals surface area contributed by atoms with E-state index in [1.165, 1.54) is 6.08 Å². The second-order valence-corrected chi connectivity index (χ2v) is 5.05. The minimum atomic E-state index is -0.356. The minimum Gasteiger partial charge on any atom is -0.326 e. The molecule has 0 amide bonds. The van der Waals surface area contributed by atoms with Gasteiger partial charge in [0.2, 0.25) is 0 Å². The summed E-state index contributed by atoms with van der Waals surface area (Å²) in [7, 11) is 0. The Kier molecular flexibility index (Phi) is 4.12. The lowest BCUT2D eigenvalue weighted by Gasteiger charge is -1.97. The molecule has 0 aliphatic heterocycles. The van der Waals surface area contributed by atoms with Gasteiger partial charge in [-0.1, -0.05) is 34.1 Å². The summed E-state index contributed by atoms with van der Waals surface area (Å²) in [5.74, 6) is -0.302. The SMILES string of the molecule is Cc1ccc(C(=O)/C=C/c2ccc(Br)cc2)c(=O)[nH]1. The molecule has 2 aromatic rings. The molecule has 0 radical (unpaired) electrons. The van der Waals surface area contributed by atoms with Crippen molar-refractivity contribution < 1.29 is 4.79 Å². The molecule has 0 aliphatic carbocycles. The molecular formula is C15H12BrNO2. The van der Waals surface area contributed by atoms with Crippen LogP contribution in [0.5, 0.6) is 0 Å².